The molecule has 3 aliphatic rings. The van der Waals surface area contributed by atoms with Gasteiger partial charge in [0, 0.05) is 49.5 Å². The molecule has 4 heterocycles. The summed E-state index contributed by atoms with van der Waals surface area (Å²) in [5.41, 5.74) is 2.01. The summed E-state index contributed by atoms with van der Waals surface area (Å²) in [6.07, 6.45) is 5.68. The van der Waals surface area contributed by atoms with Crippen LogP contribution in [0.1, 0.15) is 92.0 Å². The molecule has 15 nitrogen and oxygen atoms in total. The first-order valence-corrected chi connectivity index (χ1v) is 23.6. The molecule has 3 amide bonds. The Balaban J connectivity index is 1.23. The molecule has 0 spiro atoms. The number of rotatable bonds is 9. The summed E-state index contributed by atoms with van der Waals surface area (Å²) in [7, 11) is -1.51. The number of hydrogen-bond donors (Lipinski definition) is 2. The molecule has 4 aromatic rings. The van der Waals surface area contributed by atoms with Crippen molar-refractivity contribution in [2.45, 2.75) is 116 Å². The molecule has 5 atom stereocenters. The fourth-order valence-corrected chi connectivity index (χ4v) is 9.85. The highest BCUT2D eigenvalue weighted by atomic mass is 32.2. The van der Waals surface area contributed by atoms with E-state index in [9.17, 15) is 27.6 Å². The number of ether oxygens (including phenoxy) is 2. The van der Waals surface area contributed by atoms with Gasteiger partial charge in [-0.25, -0.2) is 14.5 Å². The van der Waals surface area contributed by atoms with Crippen molar-refractivity contribution in [2.24, 2.45) is 11.3 Å². The SMILES string of the molecule is CC(C)n1c(O[C@@H]2C[C@H]3C(=O)C[C@]4(C(=O)NS(=O)(=O)N(C)C)C[C@@H]4/C=C\CCCCC[C@H](NC(=O)OC(C)(C)C)C(=O)N3C2)nc2c(-c3csc(-c4ccccc4)n3)cccc21. The Morgan fingerprint density at radius 2 is 1.77 bits per heavy atom. The number of nitrogens with zero attached hydrogens (tertiary/aromatic N) is 5. The smallest absolute Gasteiger partial charge is 0.408 e. The van der Waals surface area contributed by atoms with Crippen LogP contribution in [0, 0.1) is 11.3 Å². The second kappa shape index (κ2) is 17.9. The standard InChI is InChI=1S/C45H57N7O8S2/c1-28(2)52-35-22-16-20-32(34-27-61-39(46-34)29-17-12-11-13-18-29)38(35)48-42(52)59-31-23-36-37(53)25-45(41(55)49-62(57,58)50(6)7)24-30(45)19-14-9-8-10-15-21-33(40(54)51(36)26-31)47-43(56)60-44(3,4)5/h11-14,16-20,22,27-28,30-31,33,36H,8-10,15,21,23-26H2,1-7H3,(H,47,56)(H,49,55)/b19-14-/t30-,31+,33-,36-,45+/m0/s1. The average molecular weight is 888 g/mol. The maximum Gasteiger partial charge on any atom is 0.408 e. The highest BCUT2D eigenvalue weighted by Crippen LogP contribution is 2.57. The average Bonchev–Trinajstić information content (AvgIpc) is 3.56. The van der Waals surface area contributed by atoms with Gasteiger partial charge >= 0.3 is 16.3 Å². The minimum atomic E-state index is -4.15. The Labute approximate surface area is 367 Å². The number of ketones is 1. The number of allylic oxidation sites excluding steroid dienone is 2. The summed E-state index contributed by atoms with van der Waals surface area (Å²) in [4.78, 5) is 67.9. The summed E-state index contributed by atoms with van der Waals surface area (Å²) in [6.45, 7) is 9.27. The number of fused-ring (bicyclic) bond motifs is 3. The predicted octanol–water partition coefficient (Wildman–Crippen LogP) is 7.06. The molecule has 2 aromatic carbocycles. The quantitative estimate of drug-likeness (QED) is 0.165. The number of carbonyl (C=O) groups excluding carboxylic acids is 4. The fraction of sp³-hybridized carbons (Fsp3) is 0.511. The number of amides is 3. The van der Waals surface area contributed by atoms with Crippen LogP contribution in [0.15, 0.2) is 66.1 Å². The predicted molar refractivity (Wildman–Crippen MR) is 237 cm³/mol. The molecule has 1 aliphatic carbocycles. The third-order valence-electron chi connectivity index (χ3n) is 11.7. The van der Waals surface area contributed by atoms with E-state index in [-0.39, 0.29) is 37.8 Å². The number of carbonyl (C=O) groups is 4. The molecule has 62 heavy (non-hydrogen) atoms. The van der Waals surface area contributed by atoms with E-state index in [4.69, 9.17) is 19.4 Å². The van der Waals surface area contributed by atoms with E-state index in [1.807, 2.05) is 84.5 Å². The van der Waals surface area contributed by atoms with Crippen LogP contribution in [-0.2, 0) is 29.3 Å². The highest BCUT2D eigenvalue weighted by Gasteiger charge is 2.61. The van der Waals surface area contributed by atoms with E-state index in [0.717, 1.165) is 44.5 Å². The molecule has 7 rings (SSSR count). The lowest BCUT2D eigenvalue weighted by Gasteiger charge is -2.30. The Morgan fingerprint density at radius 3 is 2.48 bits per heavy atom. The molecular weight excluding hydrogens is 831 g/mol. The number of para-hydroxylation sites is 1. The normalized spacial score (nSPS) is 24.2. The molecule has 332 valence electrons. The summed E-state index contributed by atoms with van der Waals surface area (Å²) >= 11 is 1.55. The van der Waals surface area contributed by atoms with Crippen LogP contribution in [0.2, 0.25) is 0 Å². The first-order chi connectivity index (χ1) is 29.4. The minimum absolute atomic E-state index is 0.0000454. The van der Waals surface area contributed by atoms with E-state index in [1.165, 1.54) is 19.0 Å². The van der Waals surface area contributed by atoms with E-state index >= 15 is 0 Å². The van der Waals surface area contributed by atoms with E-state index in [0.29, 0.717) is 30.8 Å². The van der Waals surface area contributed by atoms with Crippen molar-refractivity contribution in [1.82, 2.24) is 33.8 Å². The number of Topliss-reactive ketones (excluding diaryl/α,β-unsaturated/α-hetero) is 1. The van der Waals surface area contributed by atoms with E-state index < -0.39 is 63.1 Å². The van der Waals surface area contributed by atoms with Gasteiger partial charge in [0.2, 0.25) is 11.8 Å². The molecule has 0 radical (unpaired) electrons. The number of imidazole rings is 1. The van der Waals surface area contributed by atoms with Gasteiger partial charge in [0.1, 0.15) is 28.3 Å². The molecule has 0 bridgehead atoms. The second-order valence-corrected chi connectivity index (χ2v) is 20.8. The maximum absolute atomic E-state index is 14.7. The monoisotopic (exact) mass is 887 g/mol. The Bertz CT molecular complexity index is 2460. The number of aromatic nitrogens is 3. The van der Waals surface area contributed by atoms with Crippen LogP contribution < -0.4 is 14.8 Å². The Morgan fingerprint density at radius 1 is 1.02 bits per heavy atom. The molecule has 2 aromatic heterocycles. The Hall–Kier alpha value is -5.13. The van der Waals surface area contributed by atoms with Crippen molar-refractivity contribution in [3.8, 4) is 27.8 Å². The zero-order chi connectivity index (χ0) is 44.6. The van der Waals surface area contributed by atoms with Crippen molar-refractivity contribution in [2.75, 3.05) is 20.6 Å². The highest BCUT2D eigenvalue weighted by molar-refractivity contribution is 7.87. The van der Waals surface area contributed by atoms with Crippen LogP contribution in [0.5, 0.6) is 6.01 Å². The molecule has 1 saturated heterocycles. The number of nitrogens with one attached hydrogen (secondary N) is 2. The summed E-state index contributed by atoms with van der Waals surface area (Å²) in [6, 6.07) is 14.1. The molecule has 2 N–H and O–H groups in total. The van der Waals surface area contributed by atoms with Gasteiger partial charge in [0.05, 0.1) is 29.2 Å². The topological polar surface area (TPSA) is 182 Å². The van der Waals surface area contributed by atoms with Crippen LogP contribution >= 0.6 is 11.3 Å². The summed E-state index contributed by atoms with van der Waals surface area (Å²) in [5, 5.41) is 5.68. The lowest BCUT2D eigenvalue weighted by Crippen LogP contribution is -2.53. The minimum Gasteiger partial charge on any atom is -0.459 e. The van der Waals surface area contributed by atoms with Crippen LogP contribution in [-0.4, -0.2) is 100 Å². The Kier molecular flexibility index (Phi) is 13.0. The summed E-state index contributed by atoms with van der Waals surface area (Å²) < 4.78 is 43.1. The van der Waals surface area contributed by atoms with Gasteiger partial charge in [-0.15, -0.1) is 11.3 Å². The van der Waals surface area contributed by atoms with Crippen LogP contribution in [0.25, 0.3) is 32.9 Å². The van der Waals surface area contributed by atoms with E-state index in [1.54, 1.807) is 32.1 Å². The van der Waals surface area contributed by atoms with Gasteiger partial charge in [0.15, 0.2) is 5.78 Å². The van der Waals surface area contributed by atoms with Gasteiger partial charge in [0.25, 0.3) is 6.01 Å². The largest absolute Gasteiger partial charge is 0.459 e. The first-order valence-electron chi connectivity index (χ1n) is 21.3. The molecular formula is C45H57N7O8S2. The van der Waals surface area contributed by atoms with Gasteiger partial charge in [-0.1, -0.05) is 67.5 Å². The zero-order valence-electron chi connectivity index (χ0n) is 36.4. The van der Waals surface area contributed by atoms with Crippen LogP contribution in [0.3, 0.4) is 0 Å². The number of hydrogen-bond acceptors (Lipinski definition) is 11. The van der Waals surface area contributed by atoms with Crippen molar-refractivity contribution in [1.29, 1.82) is 0 Å². The lowest BCUT2D eigenvalue weighted by atomic mass is 9.91. The molecule has 1 saturated carbocycles. The lowest BCUT2D eigenvalue weighted by molar-refractivity contribution is -0.140. The second-order valence-electron chi connectivity index (χ2n) is 18.0. The maximum atomic E-state index is 14.7. The van der Waals surface area contributed by atoms with Crippen molar-refractivity contribution in [3.63, 3.8) is 0 Å². The molecule has 17 heteroatoms. The van der Waals surface area contributed by atoms with Crippen molar-refractivity contribution in [3.05, 3.63) is 66.1 Å². The third-order valence-corrected chi connectivity index (χ3v) is 14.0. The molecule has 2 aliphatic heterocycles. The molecule has 2 fully saturated rings. The van der Waals surface area contributed by atoms with Crippen molar-refractivity contribution >= 4 is 56.3 Å². The van der Waals surface area contributed by atoms with E-state index in [2.05, 4.69) is 10.0 Å². The zero-order valence-corrected chi connectivity index (χ0v) is 38.1. The molecule has 0 unspecified atom stereocenters. The van der Waals surface area contributed by atoms with Gasteiger partial charge in [-0.05, 0) is 72.3 Å². The van der Waals surface area contributed by atoms with Crippen molar-refractivity contribution < 1.29 is 37.1 Å². The number of alkyl carbamates (subject to hydrolysis) is 1. The van der Waals surface area contributed by atoms with Gasteiger partial charge in [-0.3, -0.25) is 19.0 Å². The number of benzene rings is 2. The fourth-order valence-electron chi connectivity index (χ4n) is 8.40. The van der Waals surface area contributed by atoms with Gasteiger partial charge in [-0.2, -0.15) is 17.7 Å². The number of thiazole rings is 1. The van der Waals surface area contributed by atoms with Crippen LogP contribution in [0.4, 0.5) is 4.79 Å². The summed E-state index contributed by atoms with van der Waals surface area (Å²) in [5.74, 6) is -1.99. The van der Waals surface area contributed by atoms with Gasteiger partial charge < -0.3 is 19.7 Å². The third kappa shape index (κ3) is 9.74. The first kappa shape index (κ1) is 44.9.